The Morgan fingerprint density at radius 2 is 1.82 bits per heavy atom. The summed E-state index contributed by atoms with van der Waals surface area (Å²) < 4.78 is 11.3. The Hall–Kier alpha value is -1.86. The highest BCUT2D eigenvalue weighted by Gasteiger charge is 2.30. The number of carbonyl (C=O) groups is 2. The van der Waals surface area contributed by atoms with Gasteiger partial charge in [-0.05, 0) is 31.9 Å². The summed E-state index contributed by atoms with van der Waals surface area (Å²) in [6.07, 6.45) is 1.46. The first-order valence-corrected chi connectivity index (χ1v) is 10.4. The molecule has 2 amide bonds. The van der Waals surface area contributed by atoms with Gasteiger partial charge in [-0.15, -0.1) is 0 Å². The molecule has 0 bridgehead atoms. The van der Waals surface area contributed by atoms with Crippen LogP contribution in [-0.2, 0) is 14.3 Å². The van der Waals surface area contributed by atoms with Crippen molar-refractivity contribution in [3.8, 4) is 0 Å². The molecule has 1 aromatic heterocycles. The lowest BCUT2D eigenvalue weighted by Crippen LogP contribution is -2.47. The first kappa shape index (κ1) is 20.9. The van der Waals surface area contributed by atoms with Gasteiger partial charge in [0, 0.05) is 44.6 Å². The molecule has 3 heterocycles. The number of furan rings is 1. The molecule has 3 rings (SSSR count). The number of carbonyl (C=O) groups excluding carboxylic acids is 2. The Balaban J connectivity index is 1.54. The van der Waals surface area contributed by atoms with E-state index in [-0.39, 0.29) is 29.7 Å². The summed E-state index contributed by atoms with van der Waals surface area (Å²) in [4.78, 5) is 29.1. The number of aryl methyl sites for hydroxylation is 1. The van der Waals surface area contributed by atoms with Gasteiger partial charge in [0.15, 0.2) is 0 Å². The average molecular weight is 392 g/mol. The number of morpholine rings is 1. The minimum Gasteiger partial charge on any atom is -0.465 e. The molecule has 7 heteroatoms. The SMILES string of the molecule is Cc1ccc(C(CNC(=O)C2CCN(C(=O)C(C)C)CC2)N2CCOCC2)o1. The van der Waals surface area contributed by atoms with Crippen molar-refractivity contribution in [2.24, 2.45) is 11.8 Å². The summed E-state index contributed by atoms with van der Waals surface area (Å²) in [5.74, 6) is 2.01. The van der Waals surface area contributed by atoms with Crippen molar-refractivity contribution in [3.05, 3.63) is 23.7 Å². The van der Waals surface area contributed by atoms with Gasteiger partial charge in [0.1, 0.15) is 11.5 Å². The minimum absolute atomic E-state index is 0.0106. The van der Waals surface area contributed by atoms with E-state index in [4.69, 9.17) is 9.15 Å². The van der Waals surface area contributed by atoms with E-state index in [1.807, 2.05) is 37.8 Å². The molecular formula is C21H33N3O4. The van der Waals surface area contributed by atoms with Crippen LogP contribution in [0.3, 0.4) is 0 Å². The number of piperidine rings is 1. The monoisotopic (exact) mass is 391 g/mol. The highest BCUT2D eigenvalue weighted by atomic mass is 16.5. The van der Waals surface area contributed by atoms with Gasteiger partial charge in [-0.2, -0.15) is 0 Å². The first-order valence-electron chi connectivity index (χ1n) is 10.4. The molecule has 2 fully saturated rings. The maximum Gasteiger partial charge on any atom is 0.225 e. The fourth-order valence-electron chi connectivity index (χ4n) is 4.00. The van der Waals surface area contributed by atoms with Crippen LogP contribution >= 0.6 is 0 Å². The largest absolute Gasteiger partial charge is 0.465 e. The zero-order valence-electron chi connectivity index (χ0n) is 17.3. The molecule has 1 N–H and O–H groups in total. The second-order valence-electron chi connectivity index (χ2n) is 8.11. The number of amides is 2. The highest BCUT2D eigenvalue weighted by molar-refractivity contribution is 5.80. The lowest BCUT2D eigenvalue weighted by atomic mass is 9.95. The molecule has 7 nitrogen and oxygen atoms in total. The van der Waals surface area contributed by atoms with Gasteiger partial charge in [0.05, 0.1) is 19.3 Å². The Kier molecular flexibility index (Phi) is 7.13. The molecule has 156 valence electrons. The van der Waals surface area contributed by atoms with E-state index in [0.29, 0.717) is 32.8 Å². The second-order valence-corrected chi connectivity index (χ2v) is 8.11. The summed E-state index contributed by atoms with van der Waals surface area (Å²) in [7, 11) is 0. The molecule has 1 unspecified atom stereocenters. The van der Waals surface area contributed by atoms with Crippen molar-refractivity contribution in [2.75, 3.05) is 45.9 Å². The molecular weight excluding hydrogens is 358 g/mol. The lowest BCUT2D eigenvalue weighted by molar-refractivity contribution is -0.138. The number of nitrogens with zero attached hydrogens (tertiary/aromatic N) is 2. The van der Waals surface area contributed by atoms with Crippen molar-refractivity contribution in [3.63, 3.8) is 0 Å². The normalized spacial score (nSPS) is 20.4. The number of hydrogen-bond acceptors (Lipinski definition) is 5. The number of rotatable bonds is 6. The Morgan fingerprint density at radius 3 is 2.39 bits per heavy atom. The van der Waals surface area contributed by atoms with Crippen molar-refractivity contribution >= 4 is 11.8 Å². The standard InChI is InChI=1S/C21H33N3O4/c1-15(2)21(26)24-8-6-17(7-9-24)20(25)22-14-18(19-5-4-16(3)28-19)23-10-12-27-13-11-23/h4-5,15,17-18H,6-14H2,1-3H3,(H,22,25). The van der Waals surface area contributed by atoms with Crippen molar-refractivity contribution in [1.82, 2.24) is 15.1 Å². The topological polar surface area (TPSA) is 75.0 Å². The third-order valence-electron chi connectivity index (χ3n) is 5.72. The zero-order valence-corrected chi connectivity index (χ0v) is 17.3. The molecule has 2 aliphatic rings. The summed E-state index contributed by atoms with van der Waals surface area (Å²) >= 11 is 0. The third kappa shape index (κ3) is 5.14. The smallest absolute Gasteiger partial charge is 0.225 e. The Labute approximate surface area is 167 Å². The first-order chi connectivity index (χ1) is 13.5. The molecule has 0 saturated carbocycles. The van der Waals surface area contributed by atoms with Crippen LogP contribution in [0.1, 0.15) is 44.3 Å². The van der Waals surface area contributed by atoms with Crippen LogP contribution in [0.5, 0.6) is 0 Å². The molecule has 2 aliphatic heterocycles. The van der Waals surface area contributed by atoms with Crippen LogP contribution in [0.25, 0.3) is 0 Å². The Morgan fingerprint density at radius 1 is 1.14 bits per heavy atom. The van der Waals surface area contributed by atoms with Gasteiger partial charge in [-0.3, -0.25) is 14.5 Å². The van der Waals surface area contributed by atoms with Gasteiger partial charge in [-0.1, -0.05) is 13.8 Å². The average Bonchev–Trinajstić information content (AvgIpc) is 3.14. The van der Waals surface area contributed by atoms with Gasteiger partial charge in [0.2, 0.25) is 11.8 Å². The second kappa shape index (κ2) is 9.56. The van der Waals surface area contributed by atoms with E-state index in [0.717, 1.165) is 37.5 Å². The van der Waals surface area contributed by atoms with Gasteiger partial charge in [-0.25, -0.2) is 0 Å². The van der Waals surface area contributed by atoms with Crippen LogP contribution < -0.4 is 5.32 Å². The van der Waals surface area contributed by atoms with Crippen LogP contribution in [0.4, 0.5) is 0 Å². The van der Waals surface area contributed by atoms with Gasteiger partial charge in [0.25, 0.3) is 0 Å². The zero-order chi connectivity index (χ0) is 20.1. The number of likely N-dealkylation sites (tertiary alicyclic amines) is 1. The molecule has 28 heavy (non-hydrogen) atoms. The maximum absolute atomic E-state index is 12.7. The van der Waals surface area contributed by atoms with Crippen LogP contribution in [-0.4, -0.2) is 67.6 Å². The number of ether oxygens (including phenoxy) is 1. The molecule has 0 radical (unpaired) electrons. The molecule has 2 saturated heterocycles. The fraction of sp³-hybridized carbons (Fsp3) is 0.714. The molecule has 1 aromatic rings. The summed E-state index contributed by atoms with van der Waals surface area (Å²) in [6.45, 7) is 10.7. The van der Waals surface area contributed by atoms with Crippen LogP contribution in [0.2, 0.25) is 0 Å². The van der Waals surface area contributed by atoms with E-state index in [1.54, 1.807) is 0 Å². The predicted molar refractivity (Wildman–Crippen MR) is 106 cm³/mol. The van der Waals surface area contributed by atoms with Gasteiger partial charge >= 0.3 is 0 Å². The number of hydrogen-bond donors (Lipinski definition) is 1. The minimum atomic E-state index is -0.0279. The Bertz CT molecular complexity index is 658. The van der Waals surface area contributed by atoms with E-state index in [2.05, 4.69) is 10.2 Å². The summed E-state index contributed by atoms with van der Waals surface area (Å²) in [5.41, 5.74) is 0. The van der Waals surface area contributed by atoms with Crippen molar-refractivity contribution < 1.29 is 18.7 Å². The summed E-state index contributed by atoms with van der Waals surface area (Å²) in [6, 6.07) is 3.98. The van der Waals surface area contributed by atoms with Crippen molar-refractivity contribution in [2.45, 2.75) is 39.7 Å². The quantitative estimate of drug-likeness (QED) is 0.803. The van der Waals surface area contributed by atoms with E-state index < -0.39 is 0 Å². The third-order valence-corrected chi connectivity index (χ3v) is 5.72. The van der Waals surface area contributed by atoms with E-state index in [1.165, 1.54) is 0 Å². The summed E-state index contributed by atoms with van der Waals surface area (Å²) in [5, 5.41) is 3.14. The van der Waals surface area contributed by atoms with E-state index >= 15 is 0 Å². The highest BCUT2D eigenvalue weighted by Crippen LogP contribution is 2.24. The predicted octanol–water partition coefficient (Wildman–Crippen LogP) is 1.97. The lowest BCUT2D eigenvalue weighted by Gasteiger charge is -2.35. The van der Waals surface area contributed by atoms with Crippen LogP contribution in [0, 0.1) is 18.8 Å². The molecule has 0 spiro atoms. The number of nitrogens with one attached hydrogen (secondary N) is 1. The maximum atomic E-state index is 12.7. The van der Waals surface area contributed by atoms with Crippen molar-refractivity contribution in [1.29, 1.82) is 0 Å². The molecule has 1 atom stereocenters. The van der Waals surface area contributed by atoms with E-state index in [9.17, 15) is 9.59 Å². The van der Waals surface area contributed by atoms with Gasteiger partial charge < -0.3 is 19.4 Å². The molecule has 0 aromatic carbocycles. The van der Waals surface area contributed by atoms with Crippen LogP contribution in [0.15, 0.2) is 16.5 Å². The molecule has 0 aliphatic carbocycles. The fourth-order valence-corrected chi connectivity index (χ4v) is 4.00.